The number of hydrogen-bond donors (Lipinski definition) is 2. The molecule has 9 heteroatoms. The molecule has 1 aliphatic heterocycles. The first kappa shape index (κ1) is 20.5. The number of β-lactam (4-membered cyclic amide) rings is 1. The van der Waals surface area contributed by atoms with Crippen molar-refractivity contribution in [2.75, 3.05) is 38.3 Å². The molecule has 2 N–H and O–H groups in total. The van der Waals surface area contributed by atoms with E-state index < -0.39 is 12.6 Å². The number of aryl methyl sites for hydroxylation is 1. The summed E-state index contributed by atoms with van der Waals surface area (Å²) < 4.78 is 9.86. The number of carboxylic acid groups (broad SMARTS) is 1. The molecule has 0 saturated carbocycles. The Morgan fingerprint density at radius 1 is 1.07 bits per heavy atom. The van der Waals surface area contributed by atoms with Crippen molar-refractivity contribution in [1.82, 2.24) is 4.90 Å². The lowest BCUT2D eigenvalue weighted by Crippen LogP contribution is -2.47. The summed E-state index contributed by atoms with van der Waals surface area (Å²) in [6, 6.07) is 7.06. The van der Waals surface area contributed by atoms with E-state index in [1.54, 1.807) is 24.3 Å². The number of amides is 3. The van der Waals surface area contributed by atoms with Crippen LogP contribution in [0.3, 0.4) is 0 Å². The van der Waals surface area contributed by atoms with Gasteiger partial charge in [-0.25, -0.2) is 4.79 Å². The molecule has 1 heterocycles. The van der Waals surface area contributed by atoms with Crippen LogP contribution < -0.4 is 5.32 Å². The summed E-state index contributed by atoms with van der Waals surface area (Å²) in [6.07, 6.45) is 1.24. The maximum Gasteiger partial charge on any atom is 0.329 e. The van der Waals surface area contributed by atoms with Crippen molar-refractivity contribution < 1.29 is 33.8 Å². The first-order valence-electron chi connectivity index (χ1n) is 8.55. The van der Waals surface area contributed by atoms with E-state index >= 15 is 0 Å². The number of aliphatic carboxylic acids is 1. The quantitative estimate of drug-likeness (QED) is 0.423. The molecule has 0 unspecified atom stereocenters. The molecule has 0 aliphatic carbocycles. The van der Waals surface area contributed by atoms with Gasteiger partial charge in [-0.05, 0) is 24.1 Å². The van der Waals surface area contributed by atoms with Crippen molar-refractivity contribution in [3.05, 3.63) is 29.8 Å². The van der Waals surface area contributed by atoms with Crippen molar-refractivity contribution in [3.8, 4) is 0 Å². The minimum Gasteiger partial charge on any atom is -0.480 e. The van der Waals surface area contributed by atoms with Gasteiger partial charge in [0.25, 0.3) is 0 Å². The second kappa shape index (κ2) is 10.4. The van der Waals surface area contributed by atoms with Crippen LogP contribution in [-0.4, -0.2) is 66.7 Å². The van der Waals surface area contributed by atoms with E-state index in [4.69, 9.17) is 14.6 Å². The summed E-state index contributed by atoms with van der Waals surface area (Å²) in [5.74, 6) is -1.68. The number of carbonyl (C=O) groups is 4. The molecule has 1 aromatic carbocycles. The predicted octanol–water partition coefficient (Wildman–Crippen LogP) is 0.434. The van der Waals surface area contributed by atoms with E-state index in [2.05, 4.69) is 5.32 Å². The topological polar surface area (TPSA) is 122 Å². The Morgan fingerprint density at radius 3 is 2.30 bits per heavy atom. The SMILES string of the molecule is O=C(O)COCCOCC(=O)Nc1ccc(CCC(=O)N2CCC2=O)cc1. The van der Waals surface area contributed by atoms with Gasteiger partial charge in [0.15, 0.2) is 0 Å². The van der Waals surface area contributed by atoms with E-state index in [0.717, 1.165) is 5.56 Å². The van der Waals surface area contributed by atoms with Gasteiger partial charge in [-0.15, -0.1) is 0 Å². The highest BCUT2D eigenvalue weighted by Gasteiger charge is 2.29. The number of carbonyl (C=O) groups excluding carboxylic acids is 3. The molecular weight excluding hydrogens is 356 g/mol. The molecule has 1 fully saturated rings. The van der Waals surface area contributed by atoms with Crippen molar-refractivity contribution in [2.24, 2.45) is 0 Å². The molecule has 9 nitrogen and oxygen atoms in total. The van der Waals surface area contributed by atoms with Crippen molar-refractivity contribution >= 4 is 29.4 Å². The molecule has 0 radical (unpaired) electrons. The number of benzene rings is 1. The molecule has 146 valence electrons. The van der Waals surface area contributed by atoms with Crippen molar-refractivity contribution in [3.63, 3.8) is 0 Å². The van der Waals surface area contributed by atoms with Gasteiger partial charge in [0.1, 0.15) is 13.2 Å². The average molecular weight is 378 g/mol. The van der Waals surface area contributed by atoms with Crippen molar-refractivity contribution in [2.45, 2.75) is 19.3 Å². The predicted molar refractivity (Wildman–Crippen MR) is 94.0 cm³/mol. The van der Waals surface area contributed by atoms with Crippen LogP contribution >= 0.6 is 0 Å². The van der Waals surface area contributed by atoms with Gasteiger partial charge in [-0.3, -0.25) is 19.3 Å². The third kappa shape index (κ3) is 7.16. The third-order valence-electron chi connectivity index (χ3n) is 3.85. The van der Waals surface area contributed by atoms with Gasteiger partial charge in [-0.2, -0.15) is 0 Å². The molecule has 2 rings (SSSR count). The monoisotopic (exact) mass is 378 g/mol. The van der Waals surface area contributed by atoms with Gasteiger partial charge in [-0.1, -0.05) is 12.1 Å². The van der Waals surface area contributed by atoms with Crippen LogP contribution in [0.5, 0.6) is 0 Å². The molecule has 0 bridgehead atoms. The second-order valence-electron chi connectivity index (χ2n) is 5.93. The number of likely N-dealkylation sites (tertiary alicyclic amines) is 1. The zero-order valence-electron chi connectivity index (χ0n) is 14.8. The summed E-state index contributed by atoms with van der Waals surface area (Å²) in [7, 11) is 0. The minimum atomic E-state index is -1.06. The number of imide groups is 1. The molecule has 1 saturated heterocycles. The minimum absolute atomic E-state index is 0.0933. The van der Waals surface area contributed by atoms with Crippen LogP contribution in [0.15, 0.2) is 24.3 Å². The van der Waals surface area contributed by atoms with Crippen molar-refractivity contribution in [1.29, 1.82) is 0 Å². The fraction of sp³-hybridized carbons (Fsp3) is 0.444. The first-order valence-corrected chi connectivity index (χ1v) is 8.55. The first-order chi connectivity index (χ1) is 13.0. The van der Waals surface area contributed by atoms with Crippen LogP contribution in [-0.2, 0) is 35.1 Å². The highest BCUT2D eigenvalue weighted by Crippen LogP contribution is 2.14. The summed E-state index contributed by atoms with van der Waals surface area (Å²) in [4.78, 5) is 46.3. The number of anilines is 1. The lowest BCUT2D eigenvalue weighted by molar-refractivity contribution is -0.152. The lowest BCUT2D eigenvalue weighted by atomic mass is 10.1. The molecule has 1 aromatic rings. The van der Waals surface area contributed by atoms with Gasteiger partial charge in [0.05, 0.1) is 13.2 Å². The van der Waals surface area contributed by atoms with E-state index in [9.17, 15) is 19.2 Å². The number of ether oxygens (including phenoxy) is 2. The molecule has 1 aliphatic rings. The van der Waals surface area contributed by atoms with E-state index in [-0.39, 0.29) is 44.0 Å². The summed E-state index contributed by atoms with van der Waals surface area (Å²) in [5, 5.41) is 11.1. The molecule has 27 heavy (non-hydrogen) atoms. The third-order valence-corrected chi connectivity index (χ3v) is 3.85. The Morgan fingerprint density at radius 2 is 1.74 bits per heavy atom. The molecule has 0 aromatic heterocycles. The number of nitrogens with zero attached hydrogens (tertiary/aromatic N) is 1. The number of hydrogen-bond acceptors (Lipinski definition) is 6. The Bertz CT molecular complexity index is 687. The Hall–Kier alpha value is -2.78. The summed E-state index contributed by atoms with van der Waals surface area (Å²) in [6.45, 7) is 0.151. The van der Waals surface area contributed by atoms with Gasteiger partial charge >= 0.3 is 5.97 Å². The van der Waals surface area contributed by atoms with Crippen LogP contribution in [0.25, 0.3) is 0 Å². The normalized spacial score (nSPS) is 13.2. The number of nitrogens with one attached hydrogen (secondary N) is 1. The maximum atomic E-state index is 11.8. The average Bonchev–Trinajstić information content (AvgIpc) is 2.62. The highest BCUT2D eigenvalue weighted by molar-refractivity contribution is 5.99. The molecular formula is C18H22N2O7. The van der Waals surface area contributed by atoms with Gasteiger partial charge < -0.3 is 19.9 Å². The fourth-order valence-corrected chi connectivity index (χ4v) is 2.36. The van der Waals surface area contributed by atoms with Crippen LogP contribution in [0.2, 0.25) is 0 Å². The lowest BCUT2D eigenvalue weighted by Gasteiger charge is -2.28. The Balaban J connectivity index is 1.62. The second-order valence-corrected chi connectivity index (χ2v) is 5.93. The van der Waals surface area contributed by atoms with Gasteiger partial charge in [0.2, 0.25) is 17.7 Å². The Kier molecular flexibility index (Phi) is 7.90. The largest absolute Gasteiger partial charge is 0.480 e. The molecule has 0 atom stereocenters. The van der Waals surface area contributed by atoms with E-state index in [1.165, 1.54) is 4.90 Å². The number of rotatable bonds is 11. The Labute approximate surface area is 156 Å². The summed E-state index contributed by atoms with van der Waals surface area (Å²) in [5.41, 5.74) is 1.53. The van der Waals surface area contributed by atoms with Crippen LogP contribution in [0.4, 0.5) is 5.69 Å². The standard InChI is InChI=1S/C18H22N2O7/c21-15(11-26-9-10-27-12-18(24)25)19-14-4-1-13(2-5-14)3-6-16(22)20-8-7-17(20)23/h1-2,4-5H,3,6-12H2,(H,19,21)(H,24,25). The van der Waals surface area contributed by atoms with E-state index in [0.29, 0.717) is 25.1 Å². The molecule has 0 spiro atoms. The molecule has 3 amide bonds. The smallest absolute Gasteiger partial charge is 0.329 e. The zero-order valence-corrected chi connectivity index (χ0v) is 14.8. The van der Waals surface area contributed by atoms with Crippen LogP contribution in [0, 0.1) is 0 Å². The zero-order chi connectivity index (χ0) is 19.6. The highest BCUT2D eigenvalue weighted by atomic mass is 16.5. The maximum absolute atomic E-state index is 11.8. The number of carboxylic acids is 1. The van der Waals surface area contributed by atoms with Crippen LogP contribution in [0.1, 0.15) is 18.4 Å². The summed E-state index contributed by atoms with van der Waals surface area (Å²) >= 11 is 0. The fourth-order valence-electron chi connectivity index (χ4n) is 2.36. The van der Waals surface area contributed by atoms with E-state index in [1.807, 2.05) is 0 Å². The van der Waals surface area contributed by atoms with Gasteiger partial charge in [0, 0.05) is 25.1 Å².